The third-order valence-electron chi connectivity index (χ3n) is 3.11. The standard InChI is InChI=1S/C15H20N4O3S/c1-9(2)13-18-19-15(23-13)17-14(21)16-8-12(20)10-4-6-11(22-3)7-5-10/h4-7,9,12,20H,8H2,1-3H3,(H2,16,17,19,21). The number of carbonyl (C=O) groups excluding carboxylic acids is 1. The van der Waals surface area contributed by atoms with Gasteiger partial charge in [-0.3, -0.25) is 5.32 Å². The first-order valence-electron chi connectivity index (χ1n) is 7.20. The molecule has 3 N–H and O–H groups in total. The SMILES string of the molecule is COc1ccc(C(O)CNC(=O)Nc2nnc(C(C)C)s2)cc1. The summed E-state index contributed by atoms with van der Waals surface area (Å²) < 4.78 is 5.06. The molecule has 0 aliphatic heterocycles. The molecular weight excluding hydrogens is 316 g/mol. The maximum Gasteiger partial charge on any atom is 0.321 e. The predicted octanol–water partition coefficient (Wildman–Crippen LogP) is 2.53. The molecule has 1 unspecified atom stereocenters. The first kappa shape index (κ1) is 17.2. The van der Waals surface area contributed by atoms with Gasteiger partial charge in [0.1, 0.15) is 10.8 Å². The Morgan fingerprint density at radius 3 is 2.57 bits per heavy atom. The number of ether oxygens (including phenoxy) is 1. The van der Waals surface area contributed by atoms with E-state index >= 15 is 0 Å². The molecule has 0 saturated heterocycles. The van der Waals surface area contributed by atoms with Crippen molar-refractivity contribution in [3.05, 3.63) is 34.8 Å². The van der Waals surface area contributed by atoms with E-state index in [9.17, 15) is 9.90 Å². The molecule has 0 aliphatic carbocycles. The van der Waals surface area contributed by atoms with Gasteiger partial charge in [0, 0.05) is 12.5 Å². The average Bonchev–Trinajstić information content (AvgIpc) is 3.01. The third-order valence-corrected chi connectivity index (χ3v) is 4.25. The highest BCUT2D eigenvalue weighted by Gasteiger charge is 2.12. The molecule has 1 atom stereocenters. The number of hydrogen-bond acceptors (Lipinski definition) is 6. The number of aromatic nitrogens is 2. The number of nitrogens with one attached hydrogen (secondary N) is 2. The molecule has 1 aromatic heterocycles. The van der Waals surface area contributed by atoms with E-state index in [2.05, 4.69) is 20.8 Å². The van der Waals surface area contributed by atoms with E-state index in [-0.39, 0.29) is 12.5 Å². The molecule has 0 aliphatic rings. The summed E-state index contributed by atoms with van der Waals surface area (Å²) >= 11 is 1.33. The highest BCUT2D eigenvalue weighted by molar-refractivity contribution is 7.15. The summed E-state index contributed by atoms with van der Waals surface area (Å²) in [6.07, 6.45) is -0.799. The van der Waals surface area contributed by atoms with Gasteiger partial charge in [-0.25, -0.2) is 4.79 Å². The van der Waals surface area contributed by atoms with Crippen LogP contribution in [-0.2, 0) is 0 Å². The zero-order chi connectivity index (χ0) is 16.8. The average molecular weight is 336 g/mol. The van der Waals surface area contributed by atoms with Gasteiger partial charge in [0.25, 0.3) is 0 Å². The van der Waals surface area contributed by atoms with Gasteiger partial charge in [-0.15, -0.1) is 10.2 Å². The van der Waals surface area contributed by atoms with Crippen LogP contribution in [0.3, 0.4) is 0 Å². The van der Waals surface area contributed by atoms with Crippen molar-refractivity contribution in [2.45, 2.75) is 25.9 Å². The van der Waals surface area contributed by atoms with Crippen molar-refractivity contribution < 1.29 is 14.6 Å². The molecule has 2 aromatic rings. The second-order valence-corrected chi connectivity index (χ2v) is 6.23. The lowest BCUT2D eigenvalue weighted by Crippen LogP contribution is -2.32. The Labute approximate surface area is 138 Å². The largest absolute Gasteiger partial charge is 0.497 e. The predicted molar refractivity (Wildman–Crippen MR) is 89.0 cm³/mol. The molecule has 0 saturated carbocycles. The minimum absolute atomic E-state index is 0.0913. The van der Waals surface area contributed by atoms with Gasteiger partial charge >= 0.3 is 6.03 Å². The van der Waals surface area contributed by atoms with Crippen LogP contribution in [-0.4, -0.2) is 35.0 Å². The van der Waals surface area contributed by atoms with Gasteiger partial charge < -0.3 is 15.2 Å². The van der Waals surface area contributed by atoms with Crippen LogP contribution in [0, 0.1) is 0 Å². The number of aliphatic hydroxyl groups excluding tert-OH is 1. The monoisotopic (exact) mass is 336 g/mol. The molecule has 0 spiro atoms. The fourth-order valence-electron chi connectivity index (χ4n) is 1.79. The zero-order valence-electron chi connectivity index (χ0n) is 13.2. The van der Waals surface area contributed by atoms with Gasteiger partial charge in [0.2, 0.25) is 5.13 Å². The normalized spacial score (nSPS) is 12.0. The number of carbonyl (C=O) groups is 1. The number of anilines is 1. The highest BCUT2D eigenvalue weighted by Crippen LogP contribution is 2.22. The molecule has 2 rings (SSSR count). The van der Waals surface area contributed by atoms with Crippen molar-refractivity contribution in [2.75, 3.05) is 19.0 Å². The number of aliphatic hydroxyl groups is 1. The minimum atomic E-state index is -0.799. The van der Waals surface area contributed by atoms with Crippen LogP contribution in [0.2, 0.25) is 0 Å². The number of benzene rings is 1. The van der Waals surface area contributed by atoms with Crippen LogP contribution in [0.1, 0.15) is 36.4 Å². The van der Waals surface area contributed by atoms with Crippen molar-refractivity contribution in [1.29, 1.82) is 0 Å². The van der Waals surface area contributed by atoms with Gasteiger partial charge in [0.05, 0.1) is 13.2 Å². The molecule has 7 nitrogen and oxygen atoms in total. The van der Waals surface area contributed by atoms with E-state index in [1.54, 1.807) is 31.4 Å². The van der Waals surface area contributed by atoms with E-state index in [4.69, 9.17) is 4.74 Å². The summed E-state index contributed by atoms with van der Waals surface area (Å²) in [4.78, 5) is 11.8. The topological polar surface area (TPSA) is 96.4 Å². The van der Waals surface area contributed by atoms with Gasteiger partial charge in [-0.1, -0.05) is 37.3 Å². The molecule has 0 radical (unpaired) electrons. The molecular formula is C15H20N4O3S. The first-order valence-corrected chi connectivity index (χ1v) is 8.01. The van der Waals surface area contributed by atoms with E-state index in [0.29, 0.717) is 16.4 Å². The summed E-state index contributed by atoms with van der Waals surface area (Å²) in [7, 11) is 1.58. The van der Waals surface area contributed by atoms with Gasteiger partial charge in [-0.2, -0.15) is 0 Å². The van der Waals surface area contributed by atoms with Crippen molar-refractivity contribution in [3.8, 4) is 5.75 Å². The Bertz CT molecular complexity index is 642. The molecule has 8 heteroatoms. The molecule has 1 aromatic carbocycles. The molecule has 1 heterocycles. The van der Waals surface area contributed by atoms with Crippen LogP contribution in [0.25, 0.3) is 0 Å². The molecule has 2 amide bonds. The minimum Gasteiger partial charge on any atom is -0.497 e. The van der Waals surface area contributed by atoms with E-state index < -0.39 is 12.1 Å². The van der Waals surface area contributed by atoms with Gasteiger partial charge in [0.15, 0.2) is 0 Å². The fourth-order valence-corrected chi connectivity index (χ4v) is 2.53. The van der Waals surface area contributed by atoms with Crippen molar-refractivity contribution in [1.82, 2.24) is 15.5 Å². The molecule has 0 fully saturated rings. The Morgan fingerprint density at radius 2 is 2.00 bits per heavy atom. The summed E-state index contributed by atoms with van der Waals surface area (Å²) in [6, 6.07) is 6.59. The number of urea groups is 1. The number of rotatable bonds is 6. The quantitative estimate of drug-likeness (QED) is 0.753. The second-order valence-electron chi connectivity index (χ2n) is 5.22. The van der Waals surface area contributed by atoms with Crippen molar-refractivity contribution >= 4 is 22.5 Å². The fraction of sp³-hybridized carbons (Fsp3) is 0.400. The lowest BCUT2D eigenvalue weighted by Gasteiger charge is -2.12. The van der Waals surface area contributed by atoms with E-state index in [1.165, 1.54) is 11.3 Å². The maximum atomic E-state index is 11.8. The number of nitrogens with zero attached hydrogens (tertiary/aromatic N) is 2. The second kappa shape index (κ2) is 7.89. The lowest BCUT2D eigenvalue weighted by atomic mass is 10.1. The zero-order valence-corrected chi connectivity index (χ0v) is 14.1. The smallest absolute Gasteiger partial charge is 0.321 e. The Hall–Kier alpha value is -2.19. The molecule has 23 heavy (non-hydrogen) atoms. The van der Waals surface area contributed by atoms with Gasteiger partial charge in [-0.05, 0) is 17.7 Å². The van der Waals surface area contributed by atoms with Crippen molar-refractivity contribution in [3.63, 3.8) is 0 Å². The Balaban J connectivity index is 1.82. The maximum absolute atomic E-state index is 11.8. The number of amides is 2. The van der Waals surface area contributed by atoms with E-state index in [0.717, 1.165) is 5.01 Å². The van der Waals surface area contributed by atoms with Crippen LogP contribution in [0.5, 0.6) is 5.75 Å². The summed E-state index contributed by atoms with van der Waals surface area (Å²) in [5, 5.41) is 24.5. The molecule has 0 bridgehead atoms. The van der Waals surface area contributed by atoms with Crippen LogP contribution >= 0.6 is 11.3 Å². The lowest BCUT2D eigenvalue weighted by molar-refractivity contribution is 0.175. The molecule has 124 valence electrons. The summed E-state index contributed by atoms with van der Waals surface area (Å²) in [5.74, 6) is 0.979. The van der Waals surface area contributed by atoms with Crippen molar-refractivity contribution in [2.24, 2.45) is 0 Å². The summed E-state index contributed by atoms with van der Waals surface area (Å²) in [6.45, 7) is 4.11. The van der Waals surface area contributed by atoms with E-state index in [1.807, 2.05) is 13.8 Å². The highest BCUT2D eigenvalue weighted by atomic mass is 32.1. The Morgan fingerprint density at radius 1 is 1.30 bits per heavy atom. The van der Waals surface area contributed by atoms with Crippen LogP contribution in [0.4, 0.5) is 9.93 Å². The number of hydrogen-bond donors (Lipinski definition) is 3. The number of methoxy groups -OCH3 is 1. The van der Waals surface area contributed by atoms with Crippen LogP contribution < -0.4 is 15.4 Å². The Kier molecular flexibility index (Phi) is 5.89. The third kappa shape index (κ3) is 4.90. The van der Waals surface area contributed by atoms with Crippen LogP contribution in [0.15, 0.2) is 24.3 Å². The summed E-state index contributed by atoms with van der Waals surface area (Å²) in [5.41, 5.74) is 0.698. The first-order chi connectivity index (χ1) is 11.0.